The second-order valence-electron chi connectivity index (χ2n) is 3.39. The van der Waals surface area contributed by atoms with E-state index in [-0.39, 0.29) is 0 Å². The molecular formula is C10H12BrN3OS. The van der Waals surface area contributed by atoms with Crippen molar-refractivity contribution in [2.45, 2.75) is 19.3 Å². The molecular weight excluding hydrogens is 290 g/mol. The zero-order valence-corrected chi connectivity index (χ0v) is 11.1. The highest BCUT2D eigenvalue weighted by molar-refractivity contribution is 9.10. The molecule has 0 aliphatic rings. The fourth-order valence-corrected chi connectivity index (χ4v) is 2.66. The summed E-state index contributed by atoms with van der Waals surface area (Å²) < 4.78 is 6.21. The fraction of sp³-hybridized carbons (Fsp3) is 0.400. The van der Waals surface area contributed by atoms with Gasteiger partial charge >= 0.3 is 0 Å². The Morgan fingerprint density at radius 1 is 1.44 bits per heavy atom. The smallest absolute Gasteiger partial charge is 0.226 e. The molecule has 2 rings (SSSR count). The Balaban J connectivity index is 2.02. The van der Waals surface area contributed by atoms with Gasteiger partial charge in [-0.2, -0.15) is 4.98 Å². The third-order valence-corrected chi connectivity index (χ3v) is 3.79. The monoisotopic (exact) mass is 301 g/mol. The molecule has 0 bridgehead atoms. The van der Waals surface area contributed by atoms with Crippen LogP contribution in [-0.4, -0.2) is 16.7 Å². The second kappa shape index (κ2) is 5.56. The first-order valence-corrected chi connectivity index (χ1v) is 6.74. The number of aryl methyl sites for hydroxylation is 1. The van der Waals surface area contributed by atoms with E-state index in [1.165, 1.54) is 0 Å². The quantitative estimate of drug-likeness (QED) is 0.863. The van der Waals surface area contributed by atoms with E-state index in [0.717, 1.165) is 28.6 Å². The Kier molecular flexibility index (Phi) is 4.09. The molecule has 86 valence electrons. The number of hydrogen-bond acceptors (Lipinski definition) is 5. The van der Waals surface area contributed by atoms with Crippen LogP contribution < -0.4 is 5.73 Å². The molecule has 0 amide bonds. The normalized spacial score (nSPS) is 10.9. The predicted octanol–water partition coefficient (Wildman–Crippen LogP) is 2.84. The van der Waals surface area contributed by atoms with Gasteiger partial charge in [0.25, 0.3) is 0 Å². The predicted molar refractivity (Wildman–Crippen MR) is 67.3 cm³/mol. The van der Waals surface area contributed by atoms with Gasteiger partial charge in [0.05, 0.1) is 4.88 Å². The molecule has 0 atom stereocenters. The zero-order chi connectivity index (χ0) is 11.4. The summed E-state index contributed by atoms with van der Waals surface area (Å²) in [5.41, 5.74) is 5.42. The molecule has 0 unspecified atom stereocenters. The van der Waals surface area contributed by atoms with Crippen LogP contribution in [0.4, 0.5) is 0 Å². The van der Waals surface area contributed by atoms with Crippen LogP contribution in [0.5, 0.6) is 0 Å². The first-order valence-electron chi connectivity index (χ1n) is 5.06. The van der Waals surface area contributed by atoms with Crippen LogP contribution >= 0.6 is 27.3 Å². The molecule has 2 aromatic heterocycles. The van der Waals surface area contributed by atoms with Crippen molar-refractivity contribution in [3.63, 3.8) is 0 Å². The summed E-state index contributed by atoms with van der Waals surface area (Å²) in [6.07, 6.45) is 2.78. The Hall–Kier alpha value is -0.720. The summed E-state index contributed by atoms with van der Waals surface area (Å²) >= 11 is 4.99. The van der Waals surface area contributed by atoms with Crippen molar-refractivity contribution in [3.05, 3.63) is 21.8 Å². The number of halogens is 1. The van der Waals surface area contributed by atoms with Crippen LogP contribution in [0.3, 0.4) is 0 Å². The van der Waals surface area contributed by atoms with Gasteiger partial charge in [0, 0.05) is 16.3 Å². The Labute approximate surface area is 106 Å². The molecule has 0 saturated heterocycles. The van der Waals surface area contributed by atoms with Crippen LogP contribution in [0, 0.1) is 0 Å². The third-order valence-electron chi connectivity index (χ3n) is 2.10. The SMILES string of the molecule is NCCCCc1nc(-c2cc(Br)cs2)no1. The van der Waals surface area contributed by atoms with E-state index in [9.17, 15) is 0 Å². The molecule has 4 nitrogen and oxygen atoms in total. The molecule has 6 heteroatoms. The first-order chi connectivity index (χ1) is 7.79. The molecule has 2 aromatic rings. The van der Waals surface area contributed by atoms with E-state index in [1.54, 1.807) is 11.3 Å². The summed E-state index contributed by atoms with van der Waals surface area (Å²) in [6, 6.07) is 1.99. The molecule has 0 spiro atoms. The molecule has 0 aliphatic carbocycles. The van der Waals surface area contributed by atoms with E-state index in [2.05, 4.69) is 26.1 Å². The van der Waals surface area contributed by atoms with Gasteiger partial charge in [-0.15, -0.1) is 11.3 Å². The molecule has 0 fully saturated rings. The van der Waals surface area contributed by atoms with Crippen LogP contribution in [-0.2, 0) is 6.42 Å². The number of hydrogen-bond donors (Lipinski definition) is 1. The van der Waals surface area contributed by atoms with Crippen LogP contribution in [0.15, 0.2) is 20.4 Å². The number of nitrogens with zero attached hydrogens (tertiary/aromatic N) is 2. The van der Waals surface area contributed by atoms with Gasteiger partial charge in [0.1, 0.15) is 0 Å². The zero-order valence-electron chi connectivity index (χ0n) is 8.65. The number of nitrogens with two attached hydrogens (primary N) is 1. The Morgan fingerprint density at radius 3 is 3.00 bits per heavy atom. The lowest BCUT2D eigenvalue weighted by Crippen LogP contribution is -1.99. The number of aromatic nitrogens is 2. The van der Waals surface area contributed by atoms with Crippen molar-refractivity contribution < 1.29 is 4.52 Å². The molecule has 2 N–H and O–H groups in total. The lowest BCUT2D eigenvalue weighted by atomic mass is 10.2. The maximum Gasteiger partial charge on any atom is 0.226 e. The highest BCUT2D eigenvalue weighted by atomic mass is 79.9. The summed E-state index contributed by atoms with van der Waals surface area (Å²) in [5.74, 6) is 1.35. The van der Waals surface area contributed by atoms with Gasteiger partial charge in [-0.05, 0) is 41.4 Å². The van der Waals surface area contributed by atoms with Gasteiger partial charge in [0.15, 0.2) is 0 Å². The highest BCUT2D eigenvalue weighted by Crippen LogP contribution is 2.27. The summed E-state index contributed by atoms with van der Waals surface area (Å²) in [5, 5.41) is 5.95. The second-order valence-corrected chi connectivity index (χ2v) is 5.21. The average Bonchev–Trinajstić information content (AvgIpc) is 2.87. The molecule has 0 saturated carbocycles. The largest absolute Gasteiger partial charge is 0.339 e. The van der Waals surface area contributed by atoms with E-state index in [0.29, 0.717) is 18.3 Å². The van der Waals surface area contributed by atoms with Crippen molar-refractivity contribution in [1.82, 2.24) is 10.1 Å². The fourth-order valence-electron chi connectivity index (χ4n) is 1.31. The standard InChI is InChI=1S/C10H12BrN3OS/c11-7-5-8(16-6-7)10-13-9(15-14-10)3-1-2-4-12/h5-6H,1-4,12H2. The van der Waals surface area contributed by atoms with Gasteiger partial charge in [0.2, 0.25) is 11.7 Å². The lowest BCUT2D eigenvalue weighted by Gasteiger charge is -1.91. The third kappa shape index (κ3) is 2.90. The van der Waals surface area contributed by atoms with Crippen LogP contribution in [0.2, 0.25) is 0 Å². The lowest BCUT2D eigenvalue weighted by molar-refractivity contribution is 0.375. The minimum Gasteiger partial charge on any atom is -0.339 e. The molecule has 0 radical (unpaired) electrons. The van der Waals surface area contributed by atoms with Crippen LogP contribution in [0.1, 0.15) is 18.7 Å². The average molecular weight is 302 g/mol. The number of thiophene rings is 1. The summed E-state index contributed by atoms with van der Waals surface area (Å²) in [6.45, 7) is 0.707. The molecule has 2 heterocycles. The summed E-state index contributed by atoms with van der Waals surface area (Å²) in [4.78, 5) is 5.35. The van der Waals surface area contributed by atoms with E-state index in [1.807, 2.05) is 11.4 Å². The van der Waals surface area contributed by atoms with Crippen molar-refractivity contribution in [2.75, 3.05) is 6.54 Å². The molecule has 0 aliphatic heterocycles. The van der Waals surface area contributed by atoms with E-state index < -0.39 is 0 Å². The van der Waals surface area contributed by atoms with Crippen molar-refractivity contribution >= 4 is 27.3 Å². The maximum absolute atomic E-state index is 5.42. The van der Waals surface area contributed by atoms with Crippen molar-refractivity contribution in [2.24, 2.45) is 5.73 Å². The van der Waals surface area contributed by atoms with Gasteiger partial charge in [-0.3, -0.25) is 0 Å². The first kappa shape index (κ1) is 11.8. The van der Waals surface area contributed by atoms with Crippen molar-refractivity contribution in [1.29, 1.82) is 0 Å². The maximum atomic E-state index is 5.42. The summed E-state index contributed by atoms with van der Waals surface area (Å²) in [7, 11) is 0. The van der Waals surface area contributed by atoms with Gasteiger partial charge in [-0.1, -0.05) is 5.16 Å². The molecule has 0 aromatic carbocycles. The number of unbranched alkanes of at least 4 members (excludes halogenated alkanes) is 1. The van der Waals surface area contributed by atoms with Gasteiger partial charge in [-0.25, -0.2) is 0 Å². The van der Waals surface area contributed by atoms with E-state index >= 15 is 0 Å². The minimum absolute atomic E-state index is 0.665. The Morgan fingerprint density at radius 2 is 2.31 bits per heavy atom. The van der Waals surface area contributed by atoms with Crippen molar-refractivity contribution in [3.8, 4) is 10.7 Å². The highest BCUT2D eigenvalue weighted by Gasteiger charge is 2.09. The Bertz CT molecular complexity index is 454. The minimum atomic E-state index is 0.665. The number of rotatable bonds is 5. The van der Waals surface area contributed by atoms with Crippen LogP contribution in [0.25, 0.3) is 10.7 Å². The topological polar surface area (TPSA) is 64.9 Å². The van der Waals surface area contributed by atoms with E-state index in [4.69, 9.17) is 10.3 Å². The van der Waals surface area contributed by atoms with Gasteiger partial charge < -0.3 is 10.3 Å². The molecule has 16 heavy (non-hydrogen) atoms.